The first kappa shape index (κ1) is 19.8. The lowest BCUT2D eigenvalue weighted by Gasteiger charge is -2.35. The number of carbonyl (C=O) groups is 1. The average molecular weight is 356 g/mol. The number of rotatable bonds is 8. The second kappa shape index (κ2) is 8.26. The van der Waals surface area contributed by atoms with Crippen molar-refractivity contribution in [2.24, 2.45) is 0 Å². The minimum Gasteiger partial charge on any atom is -0.508 e. The maximum atomic E-state index is 10.8. The third-order valence-corrected chi connectivity index (χ3v) is 5.35. The molecule has 26 heavy (non-hydrogen) atoms. The molecule has 0 fully saturated rings. The molecule has 0 saturated heterocycles. The molecule has 0 radical (unpaired) electrons. The molecule has 0 amide bonds. The molecule has 0 saturated carbocycles. The number of phenolic OH excluding ortho intramolecular Hbond substituents is 2. The summed E-state index contributed by atoms with van der Waals surface area (Å²) in [5.74, 6) is -0.230. The smallest absolute Gasteiger partial charge is 0.303 e. The highest BCUT2D eigenvalue weighted by Gasteiger charge is 2.32. The summed E-state index contributed by atoms with van der Waals surface area (Å²) >= 11 is 0. The van der Waals surface area contributed by atoms with Gasteiger partial charge in [0.25, 0.3) is 0 Å². The van der Waals surface area contributed by atoms with Crippen LogP contribution in [0.1, 0.15) is 61.3 Å². The van der Waals surface area contributed by atoms with Crippen molar-refractivity contribution >= 4 is 5.97 Å². The topological polar surface area (TPSA) is 77.8 Å². The van der Waals surface area contributed by atoms with Crippen molar-refractivity contribution in [2.75, 3.05) is 0 Å². The minimum absolute atomic E-state index is 0.170. The summed E-state index contributed by atoms with van der Waals surface area (Å²) in [6.45, 7) is 5.89. The van der Waals surface area contributed by atoms with Gasteiger partial charge in [0.05, 0.1) is 0 Å². The molecule has 3 N–H and O–H groups in total. The normalized spacial score (nSPS) is 11.5. The van der Waals surface area contributed by atoms with E-state index in [0.717, 1.165) is 41.5 Å². The third kappa shape index (κ3) is 4.18. The fraction of sp³-hybridized carbons (Fsp3) is 0.409. The molecular weight excluding hydrogens is 328 g/mol. The molecule has 0 atom stereocenters. The van der Waals surface area contributed by atoms with Crippen LogP contribution in [0.5, 0.6) is 11.5 Å². The predicted molar refractivity (Wildman–Crippen MR) is 103 cm³/mol. The van der Waals surface area contributed by atoms with Crippen molar-refractivity contribution in [3.05, 3.63) is 58.7 Å². The van der Waals surface area contributed by atoms with Gasteiger partial charge in [0, 0.05) is 11.8 Å². The molecule has 0 aliphatic carbocycles. The number of phenols is 2. The Bertz CT molecular complexity index is 728. The van der Waals surface area contributed by atoms with E-state index < -0.39 is 5.97 Å². The van der Waals surface area contributed by atoms with Crippen LogP contribution in [-0.4, -0.2) is 21.3 Å². The van der Waals surface area contributed by atoms with E-state index in [1.807, 2.05) is 38.1 Å². The summed E-state index contributed by atoms with van der Waals surface area (Å²) < 4.78 is 0. The molecule has 2 aromatic rings. The molecular formula is C22H28O4. The van der Waals surface area contributed by atoms with E-state index in [4.69, 9.17) is 5.11 Å². The van der Waals surface area contributed by atoms with Gasteiger partial charge in [0.2, 0.25) is 0 Å². The van der Waals surface area contributed by atoms with Gasteiger partial charge < -0.3 is 15.3 Å². The lowest BCUT2D eigenvalue weighted by molar-refractivity contribution is -0.137. The molecule has 4 nitrogen and oxygen atoms in total. The molecule has 140 valence electrons. The van der Waals surface area contributed by atoms with Crippen LogP contribution < -0.4 is 0 Å². The molecule has 0 aliphatic rings. The van der Waals surface area contributed by atoms with Gasteiger partial charge in [-0.3, -0.25) is 4.79 Å². The minimum atomic E-state index is -0.770. The molecule has 0 aromatic heterocycles. The van der Waals surface area contributed by atoms with Crippen LogP contribution in [0.25, 0.3) is 0 Å². The zero-order valence-electron chi connectivity index (χ0n) is 15.7. The van der Waals surface area contributed by atoms with E-state index in [1.165, 1.54) is 0 Å². The summed E-state index contributed by atoms with van der Waals surface area (Å²) in [7, 11) is 0. The fourth-order valence-corrected chi connectivity index (χ4v) is 3.65. The van der Waals surface area contributed by atoms with Gasteiger partial charge in [0.15, 0.2) is 0 Å². The van der Waals surface area contributed by atoms with Crippen LogP contribution >= 0.6 is 0 Å². The number of aliphatic carboxylic acids is 1. The number of aryl methyl sites for hydroxylation is 2. The Balaban J connectivity index is 2.48. The first-order valence-electron chi connectivity index (χ1n) is 9.12. The van der Waals surface area contributed by atoms with Gasteiger partial charge >= 0.3 is 5.97 Å². The molecule has 0 unspecified atom stereocenters. The van der Waals surface area contributed by atoms with Crippen molar-refractivity contribution < 1.29 is 20.1 Å². The molecule has 2 aromatic carbocycles. The summed E-state index contributed by atoms with van der Waals surface area (Å²) in [4.78, 5) is 10.8. The van der Waals surface area contributed by atoms with Gasteiger partial charge in [-0.05, 0) is 67.5 Å². The van der Waals surface area contributed by atoms with Crippen LogP contribution in [0.4, 0.5) is 0 Å². The van der Waals surface area contributed by atoms with Crippen LogP contribution in [0.3, 0.4) is 0 Å². The number of benzene rings is 2. The Kier molecular flexibility index (Phi) is 6.30. The SMILES string of the molecule is CCC(CCCCC(=O)O)(c1ccc(O)c(C)c1)c1ccc(O)c(C)c1. The van der Waals surface area contributed by atoms with Crippen molar-refractivity contribution in [2.45, 2.75) is 58.3 Å². The largest absolute Gasteiger partial charge is 0.508 e. The number of hydrogen-bond acceptors (Lipinski definition) is 3. The summed E-state index contributed by atoms with van der Waals surface area (Å²) in [6.07, 6.45) is 3.24. The highest BCUT2D eigenvalue weighted by atomic mass is 16.4. The number of carboxylic acid groups (broad SMARTS) is 1. The first-order valence-corrected chi connectivity index (χ1v) is 9.12. The van der Waals surface area contributed by atoms with Crippen LogP contribution in [-0.2, 0) is 10.2 Å². The fourth-order valence-electron chi connectivity index (χ4n) is 3.65. The number of aromatic hydroxyl groups is 2. The Morgan fingerprint density at radius 2 is 1.42 bits per heavy atom. The number of carboxylic acids is 1. The third-order valence-electron chi connectivity index (χ3n) is 5.35. The predicted octanol–water partition coefficient (Wildman–Crippen LogP) is 5.06. The van der Waals surface area contributed by atoms with E-state index in [2.05, 4.69) is 6.92 Å². The van der Waals surface area contributed by atoms with Crippen molar-refractivity contribution in [3.63, 3.8) is 0 Å². The zero-order chi connectivity index (χ0) is 19.3. The first-order chi connectivity index (χ1) is 12.3. The second-order valence-corrected chi connectivity index (χ2v) is 7.04. The molecule has 4 heteroatoms. The molecule has 0 aliphatic heterocycles. The summed E-state index contributed by atoms with van der Waals surface area (Å²) in [5, 5.41) is 28.7. The maximum absolute atomic E-state index is 10.8. The maximum Gasteiger partial charge on any atom is 0.303 e. The van der Waals surface area contributed by atoms with E-state index in [0.29, 0.717) is 6.42 Å². The quantitative estimate of drug-likeness (QED) is 0.578. The Hall–Kier alpha value is -2.49. The van der Waals surface area contributed by atoms with Crippen molar-refractivity contribution in [1.29, 1.82) is 0 Å². The number of unbranched alkanes of at least 4 members (excludes halogenated alkanes) is 1. The van der Waals surface area contributed by atoms with Gasteiger partial charge in [0.1, 0.15) is 11.5 Å². The van der Waals surface area contributed by atoms with Gasteiger partial charge in [-0.2, -0.15) is 0 Å². The standard InChI is InChI=1S/C22H28O4/c1-4-22(12-6-5-7-21(25)26,17-8-10-19(23)15(2)13-17)18-9-11-20(24)16(3)14-18/h8-11,13-14,23-24H,4-7,12H2,1-3H3,(H,25,26). The number of hydrogen-bond donors (Lipinski definition) is 3. The van der Waals surface area contributed by atoms with Gasteiger partial charge in [-0.25, -0.2) is 0 Å². The average Bonchev–Trinajstić information content (AvgIpc) is 2.60. The Morgan fingerprint density at radius 3 is 1.81 bits per heavy atom. The highest BCUT2D eigenvalue weighted by molar-refractivity contribution is 5.66. The lowest BCUT2D eigenvalue weighted by Crippen LogP contribution is -2.27. The zero-order valence-corrected chi connectivity index (χ0v) is 15.7. The monoisotopic (exact) mass is 356 g/mol. The Labute approximate surface area is 155 Å². The second-order valence-electron chi connectivity index (χ2n) is 7.04. The van der Waals surface area contributed by atoms with Crippen LogP contribution in [0.2, 0.25) is 0 Å². The summed E-state index contributed by atoms with van der Waals surface area (Å²) in [5.41, 5.74) is 3.57. The van der Waals surface area contributed by atoms with Crippen LogP contribution in [0.15, 0.2) is 36.4 Å². The molecule has 2 rings (SSSR count). The lowest BCUT2D eigenvalue weighted by atomic mass is 9.68. The van der Waals surface area contributed by atoms with Gasteiger partial charge in [-0.15, -0.1) is 0 Å². The van der Waals surface area contributed by atoms with E-state index in [-0.39, 0.29) is 23.3 Å². The van der Waals surface area contributed by atoms with Crippen molar-refractivity contribution in [1.82, 2.24) is 0 Å². The molecule has 0 heterocycles. The Morgan fingerprint density at radius 1 is 0.923 bits per heavy atom. The van der Waals surface area contributed by atoms with E-state index in [1.54, 1.807) is 12.1 Å². The van der Waals surface area contributed by atoms with Crippen molar-refractivity contribution in [3.8, 4) is 11.5 Å². The van der Waals surface area contributed by atoms with E-state index in [9.17, 15) is 15.0 Å². The van der Waals surface area contributed by atoms with Gasteiger partial charge in [-0.1, -0.05) is 37.6 Å². The molecule has 0 bridgehead atoms. The molecule has 0 spiro atoms. The van der Waals surface area contributed by atoms with E-state index >= 15 is 0 Å². The highest BCUT2D eigenvalue weighted by Crippen LogP contribution is 2.42. The van der Waals surface area contributed by atoms with Crippen LogP contribution in [0, 0.1) is 13.8 Å². The summed E-state index contributed by atoms with van der Waals surface area (Å²) in [6, 6.07) is 11.4.